The maximum Gasteiger partial charge on any atom is 0.253 e. The first-order valence-corrected chi connectivity index (χ1v) is 16.3. The topological polar surface area (TPSA) is 86.9 Å². The third kappa shape index (κ3) is 7.60. The molecular weight excluding hydrogens is 552 g/mol. The highest BCUT2D eigenvalue weighted by molar-refractivity contribution is 5.99. The summed E-state index contributed by atoms with van der Waals surface area (Å²) in [6.45, 7) is 14.2. The number of rotatable bonds is 11. The highest BCUT2D eigenvalue weighted by Crippen LogP contribution is 2.34. The molecule has 2 aromatic carbocycles. The molecule has 2 N–H and O–H groups in total. The maximum absolute atomic E-state index is 13.9. The van der Waals surface area contributed by atoms with Crippen molar-refractivity contribution in [1.29, 1.82) is 0 Å². The van der Waals surface area contributed by atoms with Gasteiger partial charge in [-0.1, -0.05) is 37.6 Å². The number of aromatic amines is 1. The summed E-state index contributed by atoms with van der Waals surface area (Å²) in [4.78, 5) is 34.4. The highest BCUT2D eigenvalue weighted by Gasteiger charge is 2.25. The zero-order valence-corrected chi connectivity index (χ0v) is 26.8. The third-order valence-electron chi connectivity index (χ3n) is 8.95. The Bertz CT molecular complexity index is 1470. The number of nitrogens with one attached hydrogen (secondary N) is 2. The van der Waals surface area contributed by atoms with Gasteiger partial charge < -0.3 is 24.7 Å². The molecule has 1 aromatic heterocycles. The molecule has 0 spiro atoms. The van der Waals surface area contributed by atoms with Crippen LogP contribution in [0.2, 0.25) is 0 Å². The monoisotopic (exact) mass is 600 g/mol. The van der Waals surface area contributed by atoms with Gasteiger partial charge in [-0.2, -0.15) is 0 Å². The van der Waals surface area contributed by atoms with Crippen molar-refractivity contribution in [3.05, 3.63) is 86.3 Å². The minimum absolute atomic E-state index is 0.132. The molecule has 3 heterocycles. The Labute approximate surface area is 261 Å². The van der Waals surface area contributed by atoms with E-state index in [1.165, 1.54) is 5.56 Å². The number of anilines is 1. The molecule has 44 heavy (non-hydrogen) atoms. The van der Waals surface area contributed by atoms with Crippen molar-refractivity contribution in [3.63, 3.8) is 0 Å². The lowest BCUT2D eigenvalue weighted by atomic mass is 9.94. The van der Waals surface area contributed by atoms with Gasteiger partial charge in [0.1, 0.15) is 0 Å². The fraction of sp³-hybridized carbons (Fsp3) is 0.500. The van der Waals surface area contributed by atoms with E-state index in [-0.39, 0.29) is 18.0 Å². The molecular formula is C36H48N4O4. The number of aromatic nitrogens is 1. The van der Waals surface area contributed by atoms with E-state index >= 15 is 0 Å². The second-order valence-electron chi connectivity index (χ2n) is 12.2. The van der Waals surface area contributed by atoms with Crippen LogP contribution in [0.25, 0.3) is 11.1 Å². The van der Waals surface area contributed by atoms with Crippen molar-refractivity contribution in [1.82, 2.24) is 15.2 Å². The van der Waals surface area contributed by atoms with Gasteiger partial charge in [0.25, 0.3) is 11.5 Å². The van der Waals surface area contributed by atoms with Crippen molar-refractivity contribution < 1.29 is 14.3 Å². The molecule has 5 rings (SSSR count). The van der Waals surface area contributed by atoms with Crippen molar-refractivity contribution >= 4 is 11.6 Å². The van der Waals surface area contributed by atoms with E-state index in [2.05, 4.69) is 64.3 Å². The molecule has 8 heteroatoms. The lowest BCUT2D eigenvalue weighted by Crippen LogP contribution is -2.40. The van der Waals surface area contributed by atoms with Crippen molar-refractivity contribution in [2.24, 2.45) is 0 Å². The minimum Gasteiger partial charge on any atom is -0.381 e. The lowest BCUT2D eigenvalue weighted by molar-refractivity contribution is -0.0176. The predicted octanol–water partition coefficient (Wildman–Crippen LogP) is 5.73. The van der Waals surface area contributed by atoms with Crippen LogP contribution in [0.1, 0.15) is 77.8 Å². The number of carbonyl (C=O) groups is 1. The number of hydrogen-bond donors (Lipinski definition) is 2. The van der Waals surface area contributed by atoms with E-state index in [0.29, 0.717) is 23.9 Å². The van der Waals surface area contributed by atoms with E-state index in [4.69, 9.17) is 9.47 Å². The third-order valence-corrected chi connectivity index (χ3v) is 8.95. The molecule has 1 amide bonds. The number of H-pyrrole nitrogens is 1. The summed E-state index contributed by atoms with van der Waals surface area (Å²) in [7, 11) is 0. The van der Waals surface area contributed by atoms with Gasteiger partial charge >= 0.3 is 0 Å². The largest absolute Gasteiger partial charge is 0.381 e. The Morgan fingerprint density at radius 2 is 1.80 bits per heavy atom. The van der Waals surface area contributed by atoms with Crippen LogP contribution in [0.15, 0.2) is 47.3 Å². The van der Waals surface area contributed by atoms with Gasteiger partial charge in [-0.3, -0.25) is 14.5 Å². The number of pyridine rings is 1. The molecule has 3 aromatic rings. The van der Waals surface area contributed by atoms with Crippen molar-refractivity contribution in [2.45, 2.75) is 78.9 Å². The summed E-state index contributed by atoms with van der Waals surface area (Å²) in [5.41, 5.74) is 8.32. The molecule has 0 saturated carbocycles. The van der Waals surface area contributed by atoms with Gasteiger partial charge in [0, 0.05) is 74.5 Å². The fourth-order valence-electron chi connectivity index (χ4n) is 6.59. The molecule has 0 aliphatic carbocycles. The first-order chi connectivity index (χ1) is 21.4. The van der Waals surface area contributed by atoms with Crippen LogP contribution in [0.4, 0.5) is 5.69 Å². The van der Waals surface area contributed by atoms with Gasteiger partial charge in [-0.15, -0.1) is 0 Å². The molecule has 2 fully saturated rings. The quantitative estimate of drug-likeness (QED) is 0.293. The summed E-state index contributed by atoms with van der Waals surface area (Å²) < 4.78 is 11.3. The SMILES string of the molecule is CCCc1cc(C)[nH]c(=O)c1CNC(=O)c1cc(-c2ccc(CN3CCCOC3)cc2)cc(N(CC)C2CCOCC2)c1C. The normalized spacial score (nSPS) is 16.2. The van der Waals surface area contributed by atoms with Crippen molar-refractivity contribution in [3.8, 4) is 11.1 Å². The van der Waals surface area contributed by atoms with Crippen molar-refractivity contribution in [2.75, 3.05) is 44.5 Å². The number of carbonyl (C=O) groups excluding carboxylic acids is 1. The van der Waals surface area contributed by atoms with Gasteiger partial charge in [0.15, 0.2) is 0 Å². The molecule has 8 nitrogen and oxygen atoms in total. The lowest BCUT2D eigenvalue weighted by Gasteiger charge is -2.37. The van der Waals surface area contributed by atoms with Crippen LogP contribution in [0, 0.1) is 13.8 Å². The van der Waals surface area contributed by atoms with Gasteiger partial charge in [0.05, 0.1) is 6.73 Å². The van der Waals surface area contributed by atoms with E-state index in [1.54, 1.807) is 0 Å². The molecule has 2 aliphatic rings. The maximum atomic E-state index is 13.9. The molecule has 236 valence electrons. The molecule has 2 saturated heterocycles. The van der Waals surface area contributed by atoms with Crippen LogP contribution in [0.5, 0.6) is 0 Å². The molecule has 0 radical (unpaired) electrons. The summed E-state index contributed by atoms with van der Waals surface area (Å²) in [5, 5.41) is 3.10. The van der Waals surface area contributed by atoms with E-state index in [1.807, 2.05) is 26.0 Å². The second kappa shape index (κ2) is 15.0. The van der Waals surface area contributed by atoms with E-state index in [9.17, 15) is 9.59 Å². The van der Waals surface area contributed by atoms with Crippen LogP contribution >= 0.6 is 0 Å². The zero-order chi connectivity index (χ0) is 31.1. The van der Waals surface area contributed by atoms with E-state index < -0.39 is 0 Å². The number of ether oxygens (including phenoxy) is 2. The van der Waals surface area contributed by atoms with Crippen LogP contribution in [-0.2, 0) is 29.0 Å². The minimum atomic E-state index is -0.169. The van der Waals surface area contributed by atoms with Gasteiger partial charge in [0.2, 0.25) is 0 Å². The Kier molecular flexibility index (Phi) is 10.9. The van der Waals surface area contributed by atoms with E-state index in [0.717, 1.165) is 105 Å². The number of hydrogen-bond acceptors (Lipinski definition) is 6. The molecule has 0 bridgehead atoms. The second-order valence-corrected chi connectivity index (χ2v) is 12.2. The Morgan fingerprint density at radius 3 is 2.48 bits per heavy atom. The first kappa shape index (κ1) is 31.9. The Hall–Kier alpha value is -3.46. The van der Waals surface area contributed by atoms with Crippen LogP contribution < -0.4 is 15.8 Å². The first-order valence-electron chi connectivity index (χ1n) is 16.3. The van der Waals surface area contributed by atoms with Gasteiger partial charge in [-0.05, 0) is 92.5 Å². The molecule has 2 aliphatic heterocycles. The summed E-state index contributed by atoms with van der Waals surface area (Å²) in [6.07, 6.45) is 4.72. The summed E-state index contributed by atoms with van der Waals surface area (Å²) in [6, 6.07) is 15.3. The average Bonchev–Trinajstić information content (AvgIpc) is 3.03. The highest BCUT2D eigenvalue weighted by atomic mass is 16.5. The summed E-state index contributed by atoms with van der Waals surface area (Å²) >= 11 is 0. The van der Waals surface area contributed by atoms with Crippen LogP contribution in [0.3, 0.4) is 0 Å². The number of amides is 1. The Morgan fingerprint density at radius 1 is 1.02 bits per heavy atom. The Balaban J connectivity index is 1.46. The number of benzene rings is 2. The predicted molar refractivity (Wildman–Crippen MR) is 176 cm³/mol. The molecule has 0 atom stereocenters. The zero-order valence-electron chi connectivity index (χ0n) is 26.8. The number of aryl methyl sites for hydroxylation is 2. The number of nitrogens with zero attached hydrogens (tertiary/aromatic N) is 2. The average molecular weight is 601 g/mol. The fourth-order valence-corrected chi connectivity index (χ4v) is 6.59. The molecule has 0 unspecified atom stereocenters. The smallest absolute Gasteiger partial charge is 0.253 e. The van der Waals surface area contributed by atoms with Crippen LogP contribution in [-0.4, -0.2) is 61.5 Å². The van der Waals surface area contributed by atoms with Gasteiger partial charge in [-0.25, -0.2) is 0 Å². The standard InChI is InChI=1S/C36H48N4O4/c1-5-8-29-19-25(3)38-36(42)33(29)22-37-35(41)32-20-30(21-34(26(32)4)40(6-2)31-13-17-43-18-14-31)28-11-9-27(10-12-28)23-39-15-7-16-44-24-39/h9-12,19-21,31H,5-8,13-18,22-24H2,1-4H3,(H,37,41)(H,38,42). The summed E-state index contributed by atoms with van der Waals surface area (Å²) in [5.74, 6) is -0.169.